The van der Waals surface area contributed by atoms with Gasteiger partial charge < -0.3 is 20.2 Å². The summed E-state index contributed by atoms with van der Waals surface area (Å²) >= 11 is 0. The summed E-state index contributed by atoms with van der Waals surface area (Å²) in [6, 6.07) is 0.324. The van der Waals surface area contributed by atoms with Crippen LogP contribution < -0.4 is 10.6 Å². The Kier molecular flexibility index (Phi) is 3.04. The second kappa shape index (κ2) is 4.48. The van der Waals surface area contributed by atoms with E-state index in [0.717, 1.165) is 25.9 Å². The summed E-state index contributed by atoms with van der Waals surface area (Å²) in [7, 11) is 0. The van der Waals surface area contributed by atoms with Crippen molar-refractivity contribution < 1.29 is 14.3 Å². The van der Waals surface area contributed by atoms with Gasteiger partial charge in [-0.2, -0.15) is 0 Å². The Morgan fingerprint density at radius 2 is 2.19 bits per heavy atom. The molecule has 0 bridgehead atoms. The van der Waals surface area contributed by atoms with Crippen LogP contribution in [0.25, 0.3) is 0 Å². The number of carbonyl (C=O) groups is 1. The lowest BCUT2D eigenvalue weighted by atomic mass is 9.98. The monoisotopic (exact) mass is 226 g/mol. The minimum atomic E-state index is -0.719. The first-order valence-electron chi connectivity index (χ1n) is 5.20. The van der Waals surface area contributed by atoms with Crippen LogP contribution in [0, 0.1) is 5.92 Å². The van der Waals surface area contributed by atoms with Crippen LogP contribution >= 0.6 is 0 Å². The summed E-state index contributed by atoms with van der Waals surface area (Å²) in [6.07, 6.45) is 1.76. The number of aromatic nitrogens is 2. The predicted octanol–water partition coefficient (Wildman–Crippen LogP) is -0.623. The Morgan fingerprint density at radius 1 is 1.50 bits per heavy atom. The van der Waals surface area contributed by atoms with Crippen molar-refractivity contribution in [3.63, 3.8) is 0 Å². The molecule has 1 fully saturated rings. The van der Waals surface area contributed by atoms with Gasteiger partial charge in [-0.3, -0.25) is 4.79 Å². The fraction of sp³-hybridized carbons (Fsp3) is 0.667. The van der Waals surface area contributed by atoms with E-state index in [1.54, 1.807) is 0 Å². The summed E-state index contributed by atoms with van der Waals surface area (Å²) in [6.45, 7) is 1.70. The number of anilines is 1. The van der Waals surface area contributed by atoms with Crippen LogP contribution in [0.4, 0.5) is 6.01 Å². The number of primary amides is 1. The van der Waals surface area contributed by atoms with Gasteiger partial charge >= 0.3 is 17.8 Å². The van der Waals surface area contributed by atoms with E-state index in [-0.39, 0.29) is 12.5 Å². The molecule has 1 saturated heterocycles. The van der Waals surface area contributed by atoms with Crippen molar-refractivity contribution in [3.05, 3.63) is 5.89 Å². The smallest absolute Gasteiger partial charge is 0.318 e. The van der Waals surface area contributed by atoms with Crippen LogP contribution in [0.15, 0.2) is 4.42 Å². The third-order valence-electron chi connectivity index (χ3n) is 2.77. The van der Waals surface area contributed by atoms with Gasteiger partial charge in [0.1, 0.15) is 0 Å². The van der Waals surface area contributed by atoms with Crippen LogP contribution in [0.5, 0.6) is 0 Å². The van der Waals surface area contributed by atoms with E-state index in [1.165, 1.54) is 0 Å². The van der Waals surface area contributed by atoms with Gasteiger partial charge in [0.2, 0.25) is 0 Å². The highest BCUT2D eigenvalue weighted by Gasteiger charge is 2.23. The molecule has 7 nitrogen and oxygen atoms in total. The molecule has 1 aromatic heterocycles. The average molecular weight is 226 g/mol. The largest absolute Gasteiger partial charge is 0.399 e. The zero-order valence-corrected chi connectivity index (χ0v) is 8.80. The van der Waals surface area contributed by atoms with Gasteiger partial charge in [-0.15, -0.1) is 5.10 Å². The molecule has 0 aromatic carbocycles. The molecule has 0 atom stereocenters. The molecule has 3 N–H and O–H groups in total. The third kappa shape index (κ3) is 2.13. The SMILES string of the molecule is NC(=O)c1nnc(N2CCC(CO)CC2)o1. The van der Waals surface area contributed by atoms with Gasteiger partial charge in [-0.25, -0.2) is 0 Å². The van der Waals surface area contributed by atoms with Crippen molar-refractivity contribution >= 4 is 11.9 Å². The third-order valence-corrected chi connectivity index (χ3v) is 2.77. The molecule has 2 rings (SSSR count). The fourth-order valence-corrected chi connectivity index (χ4v) is 1.75. The number of nitrogens with two attached hydrogens (primary N) is 1. The molecule has 0 aliphatic carbocycles. The van der Waals surface area contributed by atoms with E-state index < -0.39 is 5.91 Å². The lowest BCUT2D eigenvalue weighted by molar-refractivity contribution is 0.0967. The molecule has 88 valence electrons. The van der Waals surface area contributed by atoms with E-state index in [9.17, 15) is 4.79 Å². The molecular weight excluding hydrogens is 212 g/mol. The number of aliphatic hydroxyl groups excluding tert-OH is 1. The number of nitrogens with zero attached hydrogens (tertiary/aromatic N) is 3. The number of aliphatic hydroxyl groups is 1. The zero-order valence-electron chi connectivity index (χ0n) is 8.80. The molecule has 16 heavy (non-hydrogen) atoms. The Bertz CT molecular complexity index is 371. The number of rotatable bonds is 3. The highest BCUT2D eigenvalue weighted by molar-refractivity contribution is 5.87. The van der Waals surface area contributed by atoms with Crippen LogP contribution in [0.1, 0.15) is 23.5 Å². The van der Waals surface area contributed by atoms with E-state index >= 15 is 0 Å². The Balaban J connectivity index is 2.00. The van der Waals surface area contributed by atoms with E-state index in [2.05, 4.69) is 10.2 Å². The van der Waals surface area contributed by atoms with Crippen LogP contribution in [-0.2, 0) is 0 Å². The molecule has 0 radical (unpaired) electrons. The maximum atomic E-state index is 10.8. The number of carbonyl (C=O) groups excluding carboxylic acids is 1. The summed E-state index contributed by atoms with van der Waals surface area (Å²) in [4.78, 5) is 12.7. The second-order valence-corrected chi connectivity index (χ2v) is 3.87. The number of hydrogen-bond acceptors (Lipinski definition) is 6. The topological polar surface area (TPSA) is 105 Å². The molecule has 1 aliphatic rings. The molecule has 1 amide bonds. The highest BCUT2D eigenvalue weighted by Crippen LogP contribution is 2.21. The number of piperidine rings is 1. The quantitative estimate of drug-likeness (QED) is 0.711. The standard InChI is InChI=1S/C9H14N4O3/c10-7(15)8-11-12-9(16-8)13-3-1-6(5-14)2-4-13/h6,14H,1-5H2,(H2,10,15). The molecule has 2 heterocycles. The van der Waals surface area contributed by atoms with Crippen molar-refractivity contribution in [1.29, 1.82) is 0 Å². The van der Waals surface area contributed by atoms with Crippen molar-refractivity contribution in [3.8, 4) is 0 Å². The molecule has 7 heteroatoms. The average Bonchev–Trinajstić information content (AvgIpc) is 2.78. The van der Waals surface area contributed by atoms with Gasteiger partial charge in [0.15, 0.2) is 0 Å². The van der Waals surface area contributed by atoms with Crippen molar-refractivity contribution in [1.82, 2.24) is 10.2 Å². The summed E-state index contributed by atoms with van der Waals surface area (Å²) in [5.74, 6) is -0.543. The Morgan fingerprint density at radius 3 is 2.69 bits per heavy atom. The molecule has 0 saturated carbocycles. The van der Waals surface area contributed by atoms with Crippen molar-refractivity contribution in [2.75, 3.05) is 24.6 Å². The fourth-order valence-electron chi connectivity index (χ4n) is 1.75. The maximum Gasteiger partial charge on any atom is 0.318 e. The highest BCUT2D eigenvalue weighted by atomic mass is 16.4. The first-order chi connectivity index (χ1) is 7.70. The zero-order chi connectivity index (χ0) is 11.5. The first kappa shape index (κ1) is 10.9. The molecule has 0 unspecified atom stereocenters. The molecular formula is C9H14N4O3. The summed E-state index contributed by atoms with van der Waals surface area (Å²) in [5, 5.41) is 16.3. The summed E-state index contributed by atoms with van der Waals surface area (Å²) < 4.78 is 5.12. The van der Waals surface area contributed by atoms with Gasteiger partial charge in [0.25, 0.3) is 0 Å². The van der Waals surface area contributed by atoms with E-state index in [0.29, 0.717) is 11.9 Å². The van der Waals surface area contributed by atoms with Crippen LogP contribution in [-0.4, -0.2) is 40.9 Å². The lowest BCUT2D eigenvalue weighted by Gasteiger charge is -2.29. The van der Waals surface area contributed by atoms with Crippen LogP contribution in [0.2, 0.25) is 0 Å². The predicted molar refractivity (Wildman–Crippen MR) is 54.8 cm³/mol. The van der Waals surface area contributed by atoms with Crippen molar-refractivity contribution in [2.24, 2.45) is 11.7 Å². The van der Waals surface area contributed by atoms with Gasteiger partial charge in [0.05, 0.1) is 0 Å². The molecule has 1 aliphatic heterocycles. The molecule has 0 spiro atoms. The van der Waals surface area contributed by atoms with Crippen molar-refractivity contribution in [2.45, 2.75) is 12.8 Å². The maximum absolute atomic E-state index is 10.8. The van der Waals surface area contributed by atoms with E-state index in [1.807, 2.05) is 4.90 Å². The van der Waals surface area contributed by atoms with Gasteiger partial charge in [-0.1, -0.05) is 5.10 Å². The normalized spacial score (nSPS) is 17.7. The number of hydrogen-bond donors (Lipinski definition) is 2. The Labute approximate surface area is 92.2 Å². The minimum Gasteiger partial charge on any atom is -0.399 e. The van der Waals surface area contributed by atoms with Crippen LogP contribution in [0.3, 0.4) is 0 Å². The van der Waals surface area contributed by atoms with Gasteiger partial charge in [0, 0.05) is 19.7 Å². The molecule has 1 aromatic rings. The number of amides is 1. The first-order valence-corrected chi connectivity index (χ1v) is 5.20. The minimum absolute atomic E-state index is 0.167. The summed E-state index contributed by atoms with van der Waals surface area (Å²) in [5.41, 5.74) is 5.01. The van der Waals surface area contributed by atoms with Gasteiger partial charge in [-0.05, 0) is 18.8 Å². The Hall–Kier alpha value is -1.63. The second-order valence-electron chi connectivity index (χ2n) is 3.87. The lowest BCUT2D eigenvalue weighted by Crippen LogP contribution is -2.34. The van der Waals surface area contributed by atoms with E-state index in [4.69, 9.17) is 15.3 Å².